The lowest BCUT2D eigenvalue weighted by atomic mass is 10.6. The van der Waals surface area contributed by atoms with Gasteiger partial charge >= 0.3 is 6.01 Å². The van der Waals surface area contributed by atoms with Gasteiger partial charge in [0.15, 0.2) is 0 Å². The van der Waals surface area contributed by atoms with Crippen LogP contribution in [-0.4, -0.2) is 26.4 Å². The summed E-state index contributed by atoms with van der Waals surface area (Å²) in [6, 6.07) is 0.478. The molecule has 0 radical (unpaired) electrons. The second kappa shape index (κ2) is 4.17. The van der Waals surface area contributed by atoms with Crippen LogP contribution in [0.15, 0.2) is 6.20 Å². The molecule has 0 aliphatic carbocycles. The highest BCUT2D eigenvalue weighted by molar-refractivity contribution is 6.89. The van der Waals surface area contributed by atoms with E-state index in [0.29, 0.717) is 11.7 Å². The molecule has 6 heteroatoms. The highest BCUT2D eigenvalue weighted by atomic mass is 28.4. The molecule has 4 nitrogen and oxygen atoms in total. The first-order valence-electron chi connectivity index (χ1n) is 5.41. The van der Waals surface area contributed by atoms with Gasteiger partial charge < -0.3 is 10.2 Å². The minimum absolute atomic E-state index is 0.478. The summed E-state index contributed by atoms with van der Waals surface area (Å²) in [5.74, 6) is 0. The number of nitrogens with zero attached hydrogens (tertiary/aromatic N) is 2. The molecule has 90 valence electrons. The van der Waals surface area contributed by atoms with E-state index in [1.165, 1.54) is 0 Å². The summed E-state index contributed by atoms with van der Waals surface area (Å²) in [6.07, 6.45) is 1.66. The van der Waals surface area contributed by atoms with Crippen LogP contribution in [0.1, 0.15) is 0 Å². The fourth-order valence-electron chi connectivity index (χ4n) is 1.30. The number of aromatic nitrogens is 2. The second-order valence-electron chi connectivity index (χ2n) is 5.92. The molecule has 0 fully saturated rings. The number of rotatable bonds is 3. The number of hydrogen-bond acceptors (Lipinski definition) is 4. The molecular weight excluding hydrogens is 234 g/mol. The molecule has 1 aromatic heterocycles. The molecule has 0 aromatic carbocycles. The zero-order valence-corrected chi connectivity index (χ0v) is 13.0. The molecule has 0 aliphatic heterocycles. The molecule has 0 saturated carbocycles. The Kier molecular flexibility index (Phi) is 3.44. The summed E-state index contributed by atoms with van der Waals surface area (Å²) in [5.41, 5.74) is 6.59. The Hall–Kier alpha value is -0.886. The van der Waals surface area contributed by atoms with E-state index in [-0.39, 0.29) is 0 Å². The first-order chi connectivity index (χ1) is 7.09. The van der Waals surface area contributed by atoms with Crippen LogP contribution in [0.25, 0.3) is 0 Å². The average molecular weight is 255 g/mol. The van der Waals surface area contributed by atoms with Crippen molar-refractivity contribution in [3.63, 3.8) is 0 Å². The van der Waals surface area contributed by atoms with Gasteiger partial charge in [-0.15, -0.1) is 0 Å². The Morgan fingerprint density at radius 1 is 1.12 bits per heavy atom. The van der Waals surface area contributed by atoms with Crippen molar-refractivity contribution in [3.05, 3.63) is 6.20 Å². The monoisotopic (exact) mass is 255 g/mol. The molecule has 2 N–H and O–H groups in total. The largest absolute Gasteiger partial charge is 0.518 e. The lowest BCUT2D eigenvalue weighted by molar-refractivity contribution is 0.511. The van der Waals surface area contributed by atoms with Gasteiger partial charge in [-0.1, -0.05) is 19.6 Å². The molecule has 1 aromatic rings. The highest BCUT2D eigenvalue weighted by Crippen LogP contribution is 2.12. The van der Waals surface area contributed by atoms with Crippen LogP contribution in [0.3, 0.4) is 0 Å². The lowest BCUT2D eigenvalue weighted by Crippen LogP contribution is -2.43. The third-order valence-corrected chi connectivity index (χ3v) is 4.52. The molecule has 0 saturated heterocycles. The van der Waals surface area contributed by atoms with Gasteiger partial charge in [0.25, 0.3) is 0 Å². The second-order valence-corrected chi connectivity index (χ2v) is 15.3. The summed E-state index contributed by atoms with van der Waals surface area (Å²) in [6.45, 7) is 13.0. The van der Waals surface area contributed by atoms with E-state index in [9.17, 15) is 0 Å². The van der Waals surface area contributed by atoms with Crippen molar-refractivity contribution in [1.29, 1.82) is 0 Å². The van der Waals surface area contributed by atoms with Gasteiger partial charge in [0, 0.05) is 0 Å². The van der Waals surface area contributed by atoms with E-state index < -0.39 is 16.4 Å². The van der Waals surface area contributed by atoms with Gasteiger partial charge in [0.2, 0.25) is 8.32 Å². The van der Waals surface area contributed by atoms with E-state index in [2.05, 4.69) is 49.3 Å². The standard InChI is InChI=1S/C10H21N3OSi2/c1-15(2,3)9-8(11)7-12-10(13-9)14-16(4,5)6/h7H,11H2,1-6H3. The van der Waals surface area contributed by atoms with Crippen LogP contribution in [-0.2, 0) is 0 Å². The highest BCUT2D eigenvalue weighted by Gasteiger charge is 2.24. The molecule has 0 unspecified atom stereocenters. The van der Waals surface area contributed by atoms with Crippen molar-refractivity contribution in [2.45, 2.75) is 39.3 Å². The number of anilines is 1. The third-order valence-electron chi connectivity index (χ3n) is 1.90. The van der Waals surface area contributed by atoms with Gasteiger partial charge in [-0.25, -0.2) is 9.97 Å². The maximum absolute atomic E-state index is 5.90. The normalized spacial score (nSPS) is 12.6. The van der Waals surface area contributed by atoms with Crippen LogP contribution in [0, 0.1) is 0 Å². The first-order valence-corrected chi connectivity index (χ1v) is 12.3. The van der Waals surface area contributed by atoms with E-state index in [0.717, 1.165) is 5.32 Å². The first kappa shape index (κ1) is 13.2. The smallest absolute Gasteiger partial charge is 0.302 e. The van der Waals surface area contributed by atoms with E-state index in [4.69, 9.17) is 10.2 Å². The summed E-state index contributed by atoms with van der Waals surface area (Å²) in [7, 11) is -3.17. The Bertz CT molecular complexity index is 383. The molecular formula is C10H21N3OSi2. The van der Waals surface area contributed by atoms with Gasteiger partial charge in [0.05, 0.1) is 17.2 Å². The number of nitrogens with two attached hydrogens (primary N) is 1. The van der Waals surface area contributed by atoms with Gasteiger partial charge in [-0.3, -0.25) is 0 Å². The molecule has 16 heavy (non-hydrogen) atoms. The SMILES string of the molecule is C[Si](C)(C)Oc1ncc(N)c([Si](C)(C)C)n1. The molecule has 0 atom stereocenters. The van der Waals surface area contributed by atoms with Crippen molar-refractivity contribution in [2.75, 3.05) is 5.73 Å². The summed E-state index contributed by atoms with van der Waals surface area (Å²) in [4.78, 5) is 8.60. The maximum Gasteiger partial charge on any atom is 0.302 e. The van der Waals surface area contributed by atoms with Crippen molar-refractivity contribution in [1.82, 2.24) is 9.97 Å². The quantitative estimate of drug-likeness (QED) is 0.837. The van der Waals surface area contributed by atoms with E-state index >= 15 is 0 Å². The Balaban J connectivity index is 3.09. The Morgan fingerprint density at radius 3 is 2.12 bits per heavy atom. The molecule has 1 heterocycles. The van der Waals surface area contributed by atoms with Crippen molar-refractivity contribution < 1.29 is 4.43 Å². The van der Waals surface area contributed by atoms with Crippen LogP contribution in [0.5, 0.6) is 6.01 Å². The van der Waals surface area contributed by atoms with Gasteiger partial charge in [-0.2, -0.15) is 0 Å². The van der Waals surface area contributed by atoms with Crippen LogP contribution < -0.4 is 15.5 Å². The molecule has 0 aliphatic rings. The third kappa shape index (κ3) is 3.60. The molecule has 0 spiro atoms. The van der Waals surface area contributed by atoms with Crippen molar-refractivity contribution in [3.8, 4) is 6.01 Å². The van der Waals surface area contributed by atoms with Gasteiger partial charge in [0.1, 0.15) is 8.07 Å². The van der Waals surface area contributed by atoms with Crippen LogP contribution in [0.2, 0.25) is 39.3 Å². The zero-order chi connectivity index (χ0) is 12.6. The Labute approximate surface area is 99.4 Å². The van der Waals surface area contributed by atoms with E-state index in [1.54, 1.807) is 6.20 Å². The summed E-state index contributed by atoms with van der Waals surface area (Å²) >= 11 is 0. The van der Waals surface area contributed by atoms with Crippen LogP contribution >= 0.6 is 0 Å². The lowest BCUT2D eigenvalue weighted by Gasteiger charge is -2.21. The van der Waals surface area contributed by atoms with Gasteiger partial charge in [-0.05, 0) is 19.6 Å². The minimum Gasteiger partial charge on any atom is -0.518 e. The average Bonchev–Trinajstić information content (AvgIpc) is 2.04. The summed E-state index contributed by atoms with van der Waals surface area (Å²) < 4.78 is 5.78. The topological polar surface area (TPSA) is 61.0 Å². The van der Waals surface area contributed by atoms with Crippen LogP contribution in [0.4, 0.5) is 5.69 Å². The van der Waals surface area contributed by atoms with Crippen molar-refractivity contribution in [2.24, 2.45) is 0 Å². The number of hydrogen-bond donors (Lipinski definition) is 1. The number of nitrogen functional groups attached to an aromatic ring is 1. The van der Waals surface area contributed by atoms with E-state index in [1.807, 2.05) is 0 Å². The summed E-state index contributed by atoms with van der Waals surface area (Å²) in [5, 5.41) is 0.982. The fraction of sp³-hybridized carbons (Fsp3) is 0.600. The fourth-order valence-corrected chi connectivity index (χ4v) is 3.31. The predicted octanol–water partition coefficient (Wildman–Crippen LogP) is 1.82. The minimum atomic E-state index is -1.65. The predicted molar refractivity (Wildman–Crippen MR) is 73.4 cm³/mol. The zero-order valence-electron chi connectivity index (χ0n) is 11.0. The molecule has 0 amide bonds. The molecule has 1 rings (SSSR count). The maximum atomic E-state index is 5.90. The molecule has 0 bridgehead atoms. The van der Waals surface area contributed by atoms with Crippen molar-refractivity contribution >= 4 is 27.4 Å². The Morgan fingerprint density at radius 2 is 1.69 bits per heavy atom.